The summed E-state index contributed by atoms with van der Waals surface area (Å²) in [6.45, 7) is 0. The molecular weight excluding hydrogens is 1230 g/mol. The normalized spacial score (nSPS) is 13.6. The minimum absolute atomic E-state index is 0.539. The van der Waals surface area contributed by atoms with Crippen LogP contribution in [-0.2, 0) is 10.2 Å². The fourth-order valence-electron chi connectivity index (χ4n) is 9.79. The van der Waals surface area contributed by atoms with Gasteiger partial charge in [0, 0.05) is 0 Å². The van der Waals surface area contributed by atoms with Gasteiger partial charge >= 0.3 is 462 Å². The van der Waals surface area contributed by atoms with E-state index in [2.05, 4.69) is 109 Å². The van der Waals surface area contributed by atoms with Crippen LogP contribution in [-0.4, -0.2) is 0 Å². The third-order valence-electron chi connectivity index (χ3n) is 12.5. The Morgan fingerprint density at radius 2 is 0.261 bits per heavy atom. The van der Waals surface area contributed by atoms with Gasteiger partial charge in [0.1, 0.15) is 0 Å². The molecule has 0 aliphatic carbocycles. The second-order valence-electron chi connectivity index (χ2n) is 16.2. The van der Waals surface area contributed by atoms with Crippen molar-refractivity contribution in [2.24, 2.45) is 0 Å². The molecule has 0 fully saturated rings. The van der Waals surface area contributed by atoms with E-state index in [1.807, 2.05) is 109 Å². The molecule has 9 rings (SSSR count). The third-order valence-corrected chi connectivity index (χ3v) is 111. The van der Waals surface area contributed by atoms with Crippen LogP contribution in [0.4, 0.5) is 0 Å². The molecule has 9 aromatic carbocycles. The number of halogens is 11. The quantitative estimate of drug-likeness (QED) is 0.0845. The van der Waals surface area contributed by atoms with E-state index in [9.17, 15) is 19.4 Å². The molecule has 0 nitrogen and oxygen atoms in total. The summed E-state index contributed by atoms with van der Waals surface area (Å²) in [5, 5.41) is 13.1. The summed E-state index contributed by atoms with van der Waals surface area (Å²) >= 11 is 62.6. The summed E-state index contributed by atoms with van der Waals surface area (Å²) < 4.78 is 0. The molecular formula is C54H39Cl11P3Ru. The van der Waals surface area contributed by atoms with E-state index < -0.39 is 27.0 Å². The zero-order chi connectivity index (χ0) is 48.8. The van der Waals surface area contributed by atoms with Crippen LogP contribution in [0, 0.1) is 0 Å². The second-order valence-corrected chi connectivity index (χ2v) is 78.3. The van der Waals surface area contributed by atoms with Crippen molar-refractivity contribution in [3.05, 3.63) is 264 Å². The van der Waals surface area contributed by atoms with E-state index in [0.29, 0.717) is 45.2 Å². The SMILES string of the molecule is Clc1ccc([PH](c2ccc(Cl)cc2)(c2ccc(Cl)cc2)[Ru]([Cl])([Cl])([PH](c2ccc(Cl)cc2)(c2ccc(Cl)cc2)c2ccc(Cl)cc2)[PH](c2ccc(Cl)cc2)(c2ccc(Cl)cc2)c2ccc(Cl)cc2)cc1. The van der Waals surface area contributed by atoms with Gasteiger partial charge in [0.2, 0.25) is 0 Å². The van der Waals surface area contributed by atoms with Crippen LogP contribution in [0.25, 0.3) is 0 Å². The molecule has 15 heteroatoms. The average molecular weight is 1270 g/mol. The standard InChI is InChI=1S/3C18H12Cl3P.2ClH.Ru/c3*19-13-1-7-16(8-2-13)22(17-9-3-14(20)4-10-17)18-11-5-15(21)6-12-18;;;/h3*1-12H;2*1H;/q;;;;;-1/p+1. The first-order valence-corrected chi connectivity index (χ1v) is 42.4. The number of benzene rings is 9. The van der Waals surface area contributed by atoms with E-state index >= 15 is 0 Å². The van der Waals surface area contributed by atoms with Crippen molar-refractivity contribution in [1.82, 2.24) is 0 Å². The molecule has 0 unspecified atom stereocenters. The Kier molecular flexibility index (Phi) is 15.6. The Morgan fingerprint density at radius 3 is 0.348 bits per heavy atom. The van der Waals surface area contributed by atoms with Crippen LogP contribution in [0.2, 0.25) is 45.2 Å². The van der Waals surface area contributed by atoms with Crippen LogP contribution < -0.4 is 47.7 Å². The van der Waals surface area contributed by atoms with Gasteiger partial charge in [-0.3, -0.25) is 0 Å². The van der Waals surface area contributed by atoms with Gasteiger partial charge in [-0.1, -0.05) is 0 Å². The van der Waals surface area contributed by atoms with Gasteiger partial charge in [-0.05, 0) is 0 Å². The average Bonchev–Trinajstić information content (AvgIpc) is 3.34. The first-order chi connectivity index (χ1) is 33.1. The predicted octanol–water partition coefficient (Wildman–Crippen LogP) is 16.8. The van der Waals surface area contributed by atoms with Crippen LogP contribution >= 0.6 is 141 Å². The predicted molar refractivity (Wildman–Crippen MR) is 316 cm³/mol. The molecule has 9 aromatic rings. The van der Waals surface area contributed by atoms with Crippen molar-refractivity contribution in [1.29, 1.82) is 0 Å². The van der Waals surface area contributed by atoms with Crippen molar-refractivity contribution in [3.63, 3.8) is 0 Å². The topological polar surface area (TPSA) is 0 Å². The first-order valence-electron chi connectivity index (χ1n) is 21.1. The summed E-state index contributed by atoms with van der Waals surface area (Å²) in [5.41, 5.74) is -13.1. The van der Waals surface area contributed by atoms with Crippen molar-refractivity contribution in [2.75, 3.05) is 0 Å². The molecule has 0 bridgehead atoms. The maximum atomic E-state index is 10.6. The molecule has 69 heavy (non-hydrogen) atoms. The monoisotopic (exact) mass is 1270 g/mol. The fourth-order valence-corrected chi connectivity index (χ4v) is 143. The third kappa shape index (κ3) is 8.56. The van der Waals surface area contributed by atoms with Gasteiger partial charge in [-0.2, -0.15) is 0 Å². The Bertz CT molecular complexity index is 2560. The Labute approximate surface area is 457 Å². The van der Waals surface area contributed by atoms with E-state index in [4.69, 9.17) is 104 Å². The van der Waals surface area contributed by atoms with E-state index in [1.54, 1.807) is 0 Å². The van der Waals surface area contributed by atoms with Crippen molar-refractivity contribution in [2.45, 2.75) is 0 Å². The number of hydrogen-bond donors (Lipinski definition) is 0. The van der Waals surface area contributed by atoms with Gasteiger partial charge < -0.3 is 0 Å². The fraction of sp³-hybridized carbons (Fsp3) is 0. The molecule has 0 spiro atoms. The Balaban J connectivity index is 1.78. The van der Waals surface area contributed by atoms with Crippen LogP contribution in [0.1, 0.15) is 0 Å². The number of hydrogen-bond acceptors (Lipinski definition) is 0. The summed E-state index contributed by atoms with van der Waals surface area (Å²) in [7, 11) is 14.5. The molecule has 0 aromatic heterocycles. The summed E-state index contributed by atoms with van der Waals surface area (Å²) in [4.78, 5) is 0. The summed E-state index contributed by atoms with van der Waals surface area (Å²) in [6, 6.07) is 72.6. The van der Waals surface area contributed by atoms with Crippen molar-refractivity contribution >= 4 is 188 Å². The van der Waals surface area contributed by atoms with Crippen LogP contribution in [0.3, 0.4) is 0 Å². The molecule has 0 radical (unpaired) electrons. The van der Waals surface area contributed by atoms with Crippen LogP contribution in [0.15, 0.2) is 218 Å². The van der Waals surface area contributed by atoms with E-state index in [0.717, 1.165) is 47.7 Å². The number of rotatable bonds is 12. The Hall–Kier alpha value is -1.92. The molecule has 0 atom stereocenters. The van der Waals surface area contributed by atoms with Crippen molar-refractivity contribution in [3.8, 4) is 0 Å². The van der Waals surface area contributed by atoms with Crippen LogP contribution in [0.5, 0.6) is 0 Å². The van der Waals surface area contributed by atoms with E-state index in [-0.39, 0.29) is 0 Å². The molecule has 355 valence electrons. The van der Waals surface area contributed by atoms with Gasteiger partial charge in [0.05, 0.1) is 0 Å². The van der Waals surface area contributed by atoms with Crippen molar-refractivity contribution < 1.29 is 10.2 Å². The maximum absolute atomic E-state index is 10.6. The molecule has 0 saturated carbocycles. The molecule has 0 heterocycles. The van der Waals surface area contributed by atoms with Gasteiger partial charge in [0.25, 0.3) is 0 Å². The zero-order valence-electron chi connectivity index (χ0n) is 35.8. The summed E-state index contributed by atoms with van der Waals surface area (Å²) in [6.07, 6.45) is 0. The summed E-state index contributed by atoms with van der Waals surface area (Å²) in [5.74, 6) is 0. The zero-order valence-corrected chi connectivity index (χ0v) is 48.8. The first kappa shape index (κ1) is 52.0. The van der Waals surface area contributed by atoms with Gasteiger partial charge in [-0.15, -0.1) is 0 Å². The minimum atomic E-state index is -6.58. The molecule has 0 aliphatic heterocycles. The van der Waals surface area contributed by atoms with E-state index in [1.165, 1.54) is 0 Å². The molecule has 0 saturated heterocycles. The molecule has 0 aliphatic rings. The van der Waals surface area contributed by atoms with Gasteiger partial charge in [-0.25, -0.2) is 0 Å². The molecule has 0 N–H and O–H groups in total. The van der Waals surface area contributed by atoms with Gasteiger partial charge in [0.15, 0.2) is 0 Å². The second kappa shape index (κ2) is 20.8. The Morgan fingerprint density at radius 1 is 0.174 bits per heavy atom. The molecule has 0 amide bonds.